The van der Waals surface area contributed by atoms with Crippen LogP contribution in [0.15, 0.2) is 29.3 Å². The molecule has 6 heteroatoms. The molecule has 1 aromatic carbocycles. The molecule has 5 nitrogen and oxygen atoms in total. The molecule has 3 aliphatic rings. The maximum Gasteiger partial charge on any atom is 0.191 e. The summed E-state index contributed by atoms with van der Waals surface area (Å²) >= 11 is 0. The van der Waals surface area contributed by atoms with E-state index in [1.807, 2.05) is 13.1 Å². The second-order valence-electron chi connectivity index (χ2n) is 8.81. The molecule has 0 spiro atoms. The summed E-state index contributed by atoms with van der Waals surface area (Å²) in [7, 11) is 5.94. The molecule has 2 heterocycles. The van der Waals surface area contributed by atoms with E-state index in [1.165, 1.54) is 37.7 Å². The number of nitrogens with one attached hydrogen (secondary N) is 2. The van der Waals surface area contributed by atoms with Gasteiger partial charge in [-0.2, -0.15) is 0 Å². The molecule has 2 N–H and O–H groups in total. The van der Waals surface area contributed by atoms with Crippen LogP contribution in [0.25, 0.3) is 0 Å². The third-order valence-electron chi connectivity index (χ3n) is 7.17. The van der Waals surface area contributed by atoms with E-state index in [2.05, 4.69) is 52.7 Å². The van der Waals surface area contributed by atoms with Gasteiger partial charge in [0.15, 0.2) is 5.96 Å². The maximum atomic E-state index is 5.59. The van der Waals surface area contributed by atoms with Crippen molar-refractivity contribution in [1.82, 2.24) is 15.5 Å². The van der Waals surface area contributed by atoms with Crippen molar-refractivity contribution in [2.45, 2.75) is 75.0 Å². The van der Waals surface area contributed by atoms with Gasteiger partial charge in [0.2, 0.25) is 0 Å². The van der Waals surface area contributed by atoms with Crippen LogP contribution in [-0.4, -0.2) is 56.2 Å². The molecular formula is C22H35IN4O. The lowest BCUT2D eigenvalue weighted by Gasteiger charge is -2.47. The number of guanidine groups is 1. The van der Waals surface area contributed by atoms with Gasteiger partial charge in [0.05, 0.1) is 7.11 Å². The molecule has 4 unspecified atom stereocenters. The average molecular weight is 498 g/mol. The second kappa shape index (κ2) is 8.78. The summed E-state index contributed by atoms with van der Waals surface area (Å²) in [4.78, 5) is 7.14. The number of piperidine rings is 2. The highest BCUT2D eigenvalue weighted by Crippen LogP contribution is 2.51. The zero-order valence-electron chi connectivity index (χ0n) is 17.6. The number of para-hydroxylation sites is 1. The van der Waals surface area contributed by atoms with E-state index in [0.29, 0.717) is 12.1 Å². The zero-order valence-corrected chi connectivity index (χ0v) is 19.9. The molecule has 0 radical (unpaired) electrons. The van der Waals surface area contributed by atoms with Crippen LogP contribution in [0.1, 0.15) is 51.0 Å². The Balaban J connectivity index is 0.00000225. The van der Waals surface area contributed by atoms with Gasteiger partial charge in [-0.1, -0.05) is 31.5 Å². The minimum absolute atomic E-state index is 0. The van der Waals surface area contributed by atoms with Crippen molar-refractivity contribution in [3.8, 4) is 5.75 Å². The predicted molar refractivity (Wildman–Crippen MR) is 126 cm³/mol. The largest absolute Gasteiger partial charge is 0.496 e. The number of methoxy groups -OCH3 is 1. The summed E-state index contributed by atoms with van der Waals surface area (Å²) < 4.78 is 5.59. The van der Waals surface area contributed by atoms with Gasteiger partial charge in [-0.15, -0.1) is 24.0 Å². The van der Waals surface area contributed by atoms with Crippen LogP contribution in [0.5, 0.6) is 5.75 Å². The number of hydrogen-bond donors (Lipinski definition) is 2. The summed E-state index contributed by atoms with van der Waals surface area (Å²) in [6.07, 6.45) is 7.62. The normalized spacial score (nSPS) is 34.9. The van der Waals surface area contributed by atoms with E-state index >= 15 is 0 Å². The lowest BCUT2D eigenvalue weighted by Crippen LogP contribution is -2.57. The van der Waals surface area contributed by atoms with Crippen molar-refractivity contribution in [2.24, 2.45) is 4.99 Å². The Morgan fingerprint density at radius 1 is 1.18 bits per heavy atom. The molecule has 1 saturated carbocycles. The Hall–Kier alpha value is -1.02. The van der Waals surface area contributed by atoms with Gasteiger partial charge in [-0.3, -0.25) is 4.99 Å². The van der Waals surface area contributed by atoms with E-state index in [9.17, 15) is 0 Å². The summed E-state index contributed by atoms with van der Waals surface area (Å²) in [5, 5.41) is 7.40. The molecule has 4 atom stereocenters. The number of rotatable bonds is 4. The van der Waals surface area contributed by atoms with Crippen LogP contribution in [0.4, 0.5) is 0 Å². The molecule has 4 rings (SSSR count). The van der Waals surface area contributed by atoms with Gasteiger partial charge in [0.25, 0.3) is 0 Å². The van der Waals surface area contributed by atoms with Crippen molar-refractivity contribution in [3.63, 3.8) is 0 Å². The lowest BCUT2D eigenvalue weighted by molar-refractivity contribution is 0.0526. The van der Waals surface area contributed by atoms with Gasteiger partial charge in [0, 0.05) is 42.2 Å². The van der Waals surface area contributed by atoms with Crippen LogP contribution in [0, 0.1) is 0 Å². The van der Waals surface area contributed by atoms with E-state index in [-0.39, 0.29) is 29.4 Å². The second-order valence-corrected chi connectivity index (χ2v) is 8.81. The molecule has 1 aromatic rings. The molecule has 2 saturated heterocycles. The SMILES string of the molecule is CN=C(NC1CC2CCCC(C1)N2C)NC1CC1(C)c1ccccc1OC.I. The molecule has 156 valence electrons. The number of halogens is 1. The van der Waals surface area contributed by atoms with E-state index in [1.54, 1.807) is 7.11 Å². The first-order valence-corrected chi connectivity index (χ1v) is 10.4. The standard InChI is InChI=1S/C22H34N4O.HI/c1-22(18-10-5-6-11-19(18)27-4)14-20(22)25-21(23-2)24-15-12-16-8-7-9-17(13-15)26(16)3;/h5-6,10-11,15-17,20H,7-9,12-14H2,1-4H3,(H2,23,24,25);1H. The fraction of sp³-hybridized carbons (Fsp3) is 0.682. The average Bonchev–Trinajstić information content (AvgIpc) is 3.32. The number of ether oxygens (including phenoxy) is 1. The summed E-state index contributed by atoms with van der Waals surface area (Å²) in [6.45, 7) is 2.32. The lowest BCUT2D eigenvalue weighted by atomic mass is 9.82. The molecule has 3 fully saturated rings. The molecule has 0 aromatic heterocycles. The smallest absolute Gasteiger partial charge is 0.191 e. The molecule has 1 aliphatic carbocycles. The fourth-order valence-electron chi connectivity index (χ4n) is 5.25. The fourth-order valence-corrected chi connectivity index (χ4v) is 5.25. The van der Waals surface area contributed by atoms with Gasteiger partial charge in [-0.25, -0.2) is 0 Å². The van der Waals surface area contributed by atoms with E-state index < -0.39 is 0 Å². The van der Waals surface area contributed by atoms with E-state index in [4.69, 9.17) is 4.74 Å². The Labute approximate surface area is 186 Å². The first kappa shape index (κ1) is 21.7. The molecule has 28 heavy (non-hydrogen) atoms. The van der Waals surface area contributed by atoms with Crippen molar-refractivity contribution in [3.05, 3.63) is 29.8 Å². The highest BCUT2D eigenvalue weighted by molar-refractivity contribution is 14.0. The zero-order chi connectivity index (χ0) is 19.0. The molecular weight excluding hydrogens is 463 g/mol. The first-order valence-electron chi connectivity index (χ1n) is 10.4. The number of nitrogens with zero attached hydrogens (tertiary/aromatic N) is 2. The topological polar surface area (TPSA) is 48.9 Å². The van der Waals surface area contributed by atoms with Crippen molar-refractivity contribution < 1.29 is 4.74 Å². The Bertz CT molecular complexity index is 698. The van der Waals surface area contributed by atoms with Crippen LogP contribution in [0.3, 0.4) is 0 Å². The highest BCUT2D eigenvalue weighted by atomic mass is 127. The quantitative estimate of drug-likeness (QED) is 0.379. The summed E-state index contributed by atoms with van der Waals surface area (Å²) in [6, 6.07) is 10.8. The van der Waals surface area contributed by atoms with Crippen molar-refractivity contribution >= 4 is 29.9 Å². The van der Waals surface area contributed by atoms with E-state index in [0.717, 1.165) is 30.2 Å². The first-order chi connectivity index (χ1) is 13.0. The van der Waals surface area contributed by atoms with Gasteiger partial charge in [-0.05, 0) is 45.2 Å². The van der Waals surface area contributed by atoms with Gasteiger partial charge in [0.1, 0.15) is 5.75 Å². The number of hydrogen-bond acceptors (Lipinski definition) is 3. The Morgan fingerprint density at radius 3 is 2.50 bits per heavy atom. The van der Waals surface area contributed by atoms with Crippen LogP contribution < -0.4 is 15.4 Å². The third-order valence-corrected chi connectivity index (χ3v) is 7.17. The predicted octanol–water partition coefficient (Wildman–Crippen LogP) is 3.52. The molecule has 2 aliphatic heterocycles. The van der Waals surface area contributed by atoms with Crippen LogP contribution in [-0.2, 0) is 5.41 Å². The molecule has 2 bridgehead atoms. The maximum absolute atomic E-state index is 5.59. The van der Waals surface area contributed by atoms with Crippen molar-refractivity contribution in [1.29, 1.82) is 0 Å². The highest BCUT2D eigenvalue weighted by Gasteiger charge is 2.53. The van der Waals surface area contributed by atoms with Crippen LogP contribution in [0.2, 0.25) is 0 Å². The van der Waals surface area contributed by atoms with Crippen molar-refractivity contribution in [2.75, 3.05) is 21.2 Å². The van der Waals surface area contributed by atoms with Gasteiger partial charge < -0.3 is 20.3 Å². The third kappa shape index (κ3) is 4.13. The van der Waals surface area contributed by atoms with Crippen LogP contribution >= 0.6 is 24.0 Å². The Morgan fingerprint density at radius 2 is 1.86 bits per heavy atom. The number of aliphatic imine (C=N–C) groups is 1. The number of benzene rings is 1. The Kier molecular flexibility index (Phi) is 6.80. The molecule has 0 amide bonds. The minimum Gasteiger partial charge on any atom is -0.496 e. The van der Waals surface area contributed by atoms with Gasteiger partial charge >= 0.3 is 0 Å². The minimum atomic E-state index is 0. The summed E-state index contributed by atoms with van der Waals surface area (Å²) in [5.74, 6) is 1.93. The summed E-state index contributed by atoms with van der Waals surface area (Å²) in [5.41, 5.74) is 1.39. The monoisotopic (exact) mass is 498 g/mol. The number of fused-ring (bicyclic) bond motifs is 2.